The maximum Gasteiger partial charge on any atom is 0.338 e. The minimum absolute atomic E-state index is 0.0543. The molecule has 0 amide bonds. The van der Waals surface area contributed by atoms with Gasteiger partial charge in [0.15, 0.2) is 0 Å². The Labute approximate surface area is 126 Å². The molecular weight excluding hydrogens is 282 g/mol. The molecule has 0 aromatic carbocycles. The Morgan fingerprint density at radius 3 is 2.82 bits per heavy atom. The van der Waals surface area contributed by atoms with Gasteiger partial charge in [-0.15, -0.1) is 0 Å². The molecular formula is C16H13N3O3. The largest absolute Gasteiger partial charge is 0.456 e. The second-order valence-electron chi connectivity index (χ2n) is 4.78. The van der Waals surface area contributed by atoms with Gasteiger partial charge in [-0.2, -0.15) is 0 Å². The average molecular weight is 295 g/mol. The SMILES string of the molecule is Cc1cccn2c(=O)cc(COC(=O)c3ccncc3)nc12. The average Bonchev–Trinajstić information content (AvgIpc) is 2.54. The van der Waals surface area contributed by atoms with Crippen molar-refractivity contribution < 1.29 is 9.53 Å². The minimum atomic E-state index is -0.478. The fraction of sp³-hybridized carbons (Fsp3) is 0.125. The maximum atomic E-state index is 12.0. The Hall–Kier alpha value is -3.02. The van der Waals surface area contributed by atoms with Crippen LogP contribution in [0.25, 0.3) is 5.65 Å². The van der Waals surface area contributed by atoms with Crippen LogP contribution in [-0.4, -0.2) is 20.3 Å². The molecule has 0 atom stereocenters. The molecule has 0 saturated heterocycles. The Morgan fingerprint density at radius 1 is 1.27 bits per heavy atom. The second-order valence-corrected chi connectivity index (χ2v) is 4.78. The number of hydrogen-bond acceptors (Lipinski definition) is 5. The van der Waals surface area contributed by atoms with Crippen LogP contribution in [0.15, 0.2) is 53.7 Å². The number of esters is 1. The van der Waals surface area contributed by atoms with Gasteiger partial charge in [-0.05, 0) is 30.7 Å². The van der Waals surface area contributed by atoms with Crippen molar-refractivity contribution in [3.05, 3.63) is 76.1 Å². The first kappa shape index (κ1) is 13.9. The summed E-state index contributed by atoms with van der Waals surface area (Å²) >= 11 is 0. The van der Waals surface area contributed by atoms with Crippen molar-refractivity contribution in [2.24, 2.45) is 0 Å². The zero-order chi connectivity index (χ0) is 15.5. The zero-order valence-electron chi connectivity index (χ0n) is 11.9. The van der Waals surface area contributed by atoms with E-state index in [1.54, 1.807) is 24.4 Å². The summed E-state index contributed by atoms with van der Waals surface area (Å²) in [4.78, 5) is 32.1. The summed E-state index contributed by atoms with van der Waals surface area (Å²) in [5.74, 6) is -0.478. The molecule has 0 aliphatic heterocycles. The van der Waals surface area contributed by atoms with Crippen LogP contribution in [-0.2, 0) is 11.3 Å². The van der Waals surface area contributed by atoms with Crippen LogP contribution >= 0.6 is 0 Å². The number of carbonyl (C=O) groups is 1. The first-order valence-corrected chi connectivity index (χ1v) is 6.70. The van der Waals surface area contributed by atoms with E-state index in [0.29, 0.717) is 16.9 Å². The first-order chi connectivity index (χ1) is 10.6. The number of hydrogen-bond donors (Lipinski definition) is 0. The summed E-state index contributed by atoms with van der Waals surface area (Å²) in [7, 11) is 0. The van der Waals surface area contributed by atoms with E-state index in [9.17, 15) is 9.59 Å². The van der Waals surface area contributed by atoms with Gasteiger partial charge in [-0.1, -0.05) is 6.07 Å². The molecule has 0 spiro atoms. The quantitative estimate of drug-likeness (QED) is 0.688. The van der Waals surface area contributed by atoms with E-state index < -0.39 is 5.97 Å². The van der Waals surface area contributed by atoms with E-state index in [1.807, 2.05) is 13.0 Å². The number of rotatable bonds is 3. The summed E-state index contributed by atoms with van der Waals surface area (Å²) in [6.45, 7) is 1.82. The third kappa shape index (κ3) is 2.71. The van der Waals surface area contributed by atoms with Gasteiger partial charge in [0.25, 0.3) is 5.56 Å². The highest BCUT2D eigenvalue weighted by atomic mass is 16.5. The molecule has 110 valence electrons. The van der Waals surface area contributed by atoms with Crippen molar-refractivity contribution >= 4 is 11.6 Å². The topological polar surface area (TPSA) is 73.6 Å². The lowest BCUT2D eigenvalue weighted by Gasteiger charge is -2.07. The molecule has 3 aromatic rings. The lowest BCUT2D eigenvalue weighted by Crippen LogP contribution is -2.17. The van der Waals surface area contributed by atoms with Crippen molar-refractivity contribution in [2.45, 2.75) is 13.5 Å². The summed E-state index contributed by atoms with van der Waals surface area (Å²) in [5.41, 5.74) is 2.06. The highest BCUT2D eigenvalue weighted by Crippen LogP contribution is 2.07. The molecule has 3 aromatic heterocycles. The Morgan fingerprint density at radius 2 is 2.05 bits per heavy atom. The van der Waals surface area contributed by atoms with Crippen molar-refractivity contribution in [3.63, 3.8) is 0 Å². The highest BCUT2D eigenvalue weighted by molar-refractivity contribution is 5.89. The van der Waals surface area contributed by atoms with Crippen LogP contribution in [0, 0.1) is 6.92 Å². The number of carbonyl (C=O) groups excluding carboxylic acids is 1. The zero-order valence-corrected chi connectivity index (χ0v) is 11.9. The predicted molar refractivity (Wildman–Crippen MR) is 79.6 cm³/mol. The number of pyridine rings is 2. The Balaban J connectivity index is 1.84. The van der Waals surface area contributed by atoms with E-state index in [-0.39, 0.29) is 12.2 Å². The van der Waals surface area contributed by atoms with Gasteiger partial charge in [0.05, 0.1) is 11.3 Å². The standard InChI is InChI=1S/C16H13N3O3/c1-11-3-2-8-19-14(20)9-13(18-15(11)19)10-22-16(21)12-4-6-17-7-5-12/h2-9H,10H2,1H3. The van der Waals surface area contributed by atoms with Crippen LogP contribution in [0.3, 0.4) is 0 Å². The molecule has 3 heterocycles. The molecule has 0 unspecified atom stereocenters. The monoisotopic (exact) mass is 295 g/mol. The number of ether oxygens (including phenoxy) is 1. The molecule has 3 rings (SSSR count). The first-order valence-electron chi connectivity index (χ1n) is 6.70. The van der Waals surface area contributed by atoms with Gasteiger partial charge in [-0.25, -0.2) is 9.78 Å². The van der Waals surface area contributed by atoms with Gasteiger partial charge in [0.1, 0.15) is 12.3 Å². The molecule has 0 aliphatic carbocycles. The lowest BCUT2D eigenvalue weighted by molar-refractivity contribution is 0.0467. The molecule has 0 aliphatic rings. The van der Waals surface area contributed by atoms with Crippen LogP contribution in [0.2, 0.25) is 0 Å². The van der Waals surface area contributed by atoms with Crippen LogP contribution in [0.1, 0.15) is 21.6 Å². The molecule has 0 saturated carbocycles. The van der Waals surface area contributed by atoms with Gasteiger partial charge in [0.2, 0.25) is 0 Å². The second kappa shape index (κ2) is 5.77. The summed E-state index contributed by atoms with van der Waals surface area (Å²) in [5, 5.41) is 0. The molecule has 0 bridgehead atoms. The van der Waals surface area contributed by atoms with E-state index in [4.69, 9.17) is 4.74 Å². The van der Waals surface area contributed by atoms with Crippen molar-refractivity contribution in [1.29, 1.82) is 0 Å². The normalized spacial score (nSPS) is 10.6. The van der Waals surface area contributed by atoms with Crippen LogP contribution < -0.4 is 5.56 Å². The van der Waals surface area contributed by atoms with Crippen LogP contribution in [0.5, 0.6) is 0 Å². The summed E-state index contributed by atoms with van der Waals surface area (Å²) in [6, 6.07) is 8.15. The molecule has 0 fully saturated rings. The van der Waals surface area contributed by atoms with Crippen molar-refractivity contribution in [2.75, 3.05) is 0 Å². The Kier molecular flexibility index (Phi) is 3.65. The summed E-state index contributed by atoms with van der Waals surface area (Å²) in [6.07, 6.45) is 4.69. The number of nitrogens with zero attached hydrogens (tertiary/aromatic N) is 3. The third-order valence-corrected chi connectivity index (χ3v) is 3.21. The minimum Gasteiger partial charge on any atom is -0.456 e. The lowest BCUT2D eigenvalue weighted by atomic mass is 10.3. The molecule has 6 nitrogen and oxygen atoms in total. The van der Waals surface area contributed by atoms with Crippen molar-refractivity contribution in [1.82, 2.24) is 14.4 Å². The van der Waals surface area contributed by atoms with Gasteiger partial charge in [0, 0.05) is 24.7 Å². The van der Waals surface area contributed by atoms with E-state index >= 15 is 0 Å². The van der Waals surface area contributed by atoms with Gasteiger partial charge in [-0.3, -0.25) is 14.2 Å². The van der Waals surface area contributed by atoms with Crippen LogP contribution in [0.4, 0.5) is 0 Å². The van der Waals surface area contributed by atoms with E-state index in [1.165, 1.54) is 22.9 Å². The van der Waals surface area contributed by atoms with E-state index in [0.717, 1.165) is 5.56 Å². The Bertz CT molecular complexity index is 888. The maximum absolute atomic E-state index is 12.0. The molecule has 0 N–H and O–H groups in total. The molecule has 0 radical (unpaired) electrons. The third-order valence-electron chi connectivity index (χ3n) is 3.21. The van der Waals surface area contributed by atoms with Gasteiger partial charge >= 0.3 is 5.97 Å². The highest BCUT2D eigenvalue weighted by Gasteiger charge is 2.09. The van der Waals surface area contributed by atoms with E-state index in [2.05, 4.69) is 9.97 Å². The van der Waals surface area contributed by atoms with Gasteiger partial charge < -0.3 is 4.74 Å². The fourth-order valence-electron chi connectivity index (χ4n) is 2.09. The molecule has 6 heteroatoms. The molecule has 22 heavy (non-hydrogen) atoms. The fourth-order valence-corrected chi connectivity index (χ4v) is 2.09. The number of aromatic nitrogens is 3. The smallest absolute Gasteiger partial charge is 0.338 e. The number of aryl methyl sites for hydroxylation is 1. The predicted octanol–water partition coefficient (Wildman–Crippen LogP) is 1.75. The van der Waals surface area contributed by atoms with Crippen molar-refractivity contribution in [3.8, 4) is 0 Å². The summed E-state index contributed by atoms with van der Waals surface area (Å²) < 4.78 is 6.64. The number of fused-ring (bicyclic) bond motifs is 1.